The van der Waals surface area contributed by atoms with Gasteiger partial charge in [-0.05, 0) is 48.5 Å². The van der Waals surface area contributed by atoms with Crippen molar-refractivity contribution >= 4 is 5.69 Å². The molecule has 0 amide bonds. The van der Waals surface area contributed by atoms with Crippen LogP contribution in [0.3, 0.4) is 0 Å². The lowest BCUT2D eigenvalue weighted by molar-refractivity contribution is -0.384. The van der Waals surface area contributed by atoms with Crippen LogP contribution in [0.1, 0.15) is 0 Å². The maximum absolute atomic E-state index is 10.8. The summed E-state index contributed by atoms with van der Waals surface area (Å²) in [6, 6.07) is 22.6. The number of non-ortho nitro benzene ring substituents is 1. The number of hydrogen-bond donors (Lipinski definition) is 1. The van der Waals surface area contributed by atoms with E-state index in [1.807, 2.05) is 30.3 Å². The van der Waals surface area contributed by atoms with E-state index in [0.29, 0.717) is 22.9 Å². The highest BCUT2D eigenvalue weighted by molar-refractivity contribution is 5.56. The predicted octanol–water partition coefficient (Wildman–Crippen LogP) is 4.09. The van der Waals surface area contributed by atoms with E-state index in [1.54, 1.807) is 36.4 Å². The van der Waals surface area contributed by atoms with Gasteiger partial charge in [0.2, 0.25) is 0 Å². The Balaban J connectivity index is 1.28. The van der Waals surface area contributed by atoms with Crippen LogP contribution in [0.25, 0.3) is 11.4 Å². The molecule has 4 rings (SSSR count). The van der Waals surface area contributed by atoms with Crippen LogP contribution < -0.4 is 9.47 Å². The van der Waals surface area contributed by atoms with E-state index in [-0.39, 0.29) is 18.8 Å². The SMILES string of the molecule is O=[N+]([O-])c1ccc(-c2ncn(CC(O)COc3ccc(Oc4ccccc4)cc3)n2)cc1. The van der Waals surface area contributed by atoms with Gasteiger partial charge in [-0.2, -0.15) is 5.10 Å². The summed E-state index contributed by atoms with van der Waals surface area (Å²) in [4.78, 5) is 14.5. The average molecular weight is 432 g/mol. The Hall–Kier alpha value is -4.24. The fourth-order valence-corrected chi connectivity index (χ4v) is 2.94. The number of para-hydroxylation sites is 1. The highest BCUT2D eigenvalue weighted by Gasteiger charge is 2.11. The maximum atomic E-state index is 10.8. The quantitative estimate of drug-likeness (QED) is 0.313. The minimum atomic E-state index is -0.804. The summed E-state index contributed by atoms with van der Waals surface area (Å²) in [6.45, 7) is 0.265. The highest BCUT2D eigenvalue weighted by Crippen LogP contribution is 2.23. The second-order valence-corrected chi connectivity index (χ2v) is 6.95. The number of ether oxygens (including phenoxy) is 2. The summed E-state index contributed by atoms with van der Waals surface area (Å²) in [6.07, 6.45) is 0.692. The molecule has 0 spiro atoms. The first kappa shape index (κ1) is 21.0. The summed E-state index contributed by atoms with van der Waals surface area (Å²) >= 11 is 0. The minimum Gasteiger partial charge on any atom is -0.491 e. The molecule has 0 aliphatic carbocycles. The Labute approximate surface area is 183 Å². The molecule has 1 aromatic heterocycles. The molecule has 0 radical (unpaired) electrons. The van der Waals surface area contributed by atoms with Crippen LogP contribution in [0.2, 0.25) is 0 Å². The molecule has 4 aromatic rings. The third-order valence-corrected chi connectivity index (χ3v) is 4.52. The molecular weight excluding hydrogens is 412 g/mol. The topological polar surface area (TPSA) is 113 Å². The van der Waals surface area contributed by atoms with Gasteiger partial charge in [0.1, 0.15) is 36.3 Å². The minimum absolute atomic E-state index is 0.000384. The van der Waals surface area contributed by atoms with Gasteiger partial charge in [0.25, 0.3) is 5.69 Å². The van der Waals surface area contributed by atoms with E-state index in [4.69, 9.17) is 9.47 Å². The van der Waals surface area contributed by atoms with Gasteiger partial charge in [-0.25, -0.2) is 9.67 Å². The summed E-state index contributed by atoms with van der Waals surface area (Å²) in [5.74, 6) is 2.46. The van der Waals surface area contributed by atoms with Crippen molar-refractivity contribution in [3.8, 4) is 28.6 Å². The Morgan fingerprint density at radius 3 is 2.28 bits per heavy atom. The van der Waals surface area contributed by atoms with E-state index in [1.165, 1.54) is 23.1 Å². The highest BCUT2D eigenvalue weighted by atomic mass is 16.6. The molecule has 0 fully saturated rings. The van der Waals surface area contributed by atoms with Crippen LogP contribution in [-0.4, -0.2) is 37.5 Å². The number of benzene rings is 3. The van der Waals surface area contributed by atoms with Gasteiger partial charge < -0.3 is 14.6 Å². The van der Waals surface area contributed by atoms with Crippen molar-refractivity contribution in [3.63, 3.8) is 0 Å². The lowest BCUT2D eigenvalue weighted by Crippen LogP contribution is -2.23. The fraction of sp³-hybridized carbons (Fsp3) is 0.130. The number of nitrogens with zero attached hydrogens (tertiary/aromatic N) is 4. The Kier molecular flexibility index (Phi) is 6.38. The zero-order valence-electron chi connectivity index (χ0n) is 16.9. The number of aliphatic hydroxyl groups excluding tert-OH is 1. The van der Waals surface area contributed by atoms with E-state index >= 15 is 0 Å². The number of nitro groups is 1. The van der Waals surface area contributed by atoms with Crippen LogP contribution in [-0.2, 0) is 6.54 Å². The molecule has 1 heterocycles. The van der Waals surface area contributed by atoms with E-state index < -0.39 is 11.0 Å². The van der Waals surface area contributed by atoms with Crippen molar-refractivity contribution in [2.45, 2.75) is 12.6 Å². The average Bonchev–Trinajstić information content (AvgIpc) is 3.28. The molecule has 1 N–H and O–H groups in total. The van der Waals surface area contributed by atoms with Gasteiger partial charge in [-0.3, -0.25) is 10.1 Å². The molecule has 0 saturated carbocycles. The monoisotopic (exact) mass is 432 g/mol. The van der Waals surface area contributed by atoms with Crippen molar-refractivity contribution < 1.29 is 19.5 Å². The first-order valence-electron chi connectivity index (χ1n) is 9.85. The van der Waals surface area contributed by atoms with Crippen LogP contribution in [0, 0.1) is 10.1 Å². The molecule has 162 valence electrons. The molecule has 3 aromatic carbocycles. The lowest BCUT2D eigenvalue weighted by atomic mass is 10.2. The molecule has 1 unspecified atom stereocenters. The van der Waals surface area contributed by atoms with Gasteiger partial charge in [0.15, 0.2) is 5.82 Å². The summed E-state index contributed by atoms with van der Waals surface area (Å²) in [5, 5.41) is 25.3. The van der Waals surface area contributed by atoms with Crippen LogP contribution >= 0.6 is 0 Å². The smallest absolute Gasteiger partial charge is 0.269 e. The molecular formula is C23H20N4O5. The van der Waals surface area contributed by atoms with Gasteiger partial charge in [0, 0.05) is 17.7 Å². The lowest BCUT2D eigenvalue weighted by Gasteiger charge is -2.12. The molecule has 0 aliphatic rings. The first-order chi connectivity index (χ1) is 15.6. The standard InChI is InChI=1S/C23H20N4O5/c28-19(14-26-16-24-23(25-26)17-6-8-18(9-7-17)27(29)30)15-31-20-10-12-22(13-11-20)32-21-4-2-1-3-5-21/h1-13,16,19,28H,14-15H2. The van der Waals surface area contributed by atoms with Crippen LogP contribution in [0.15, 0.2) is 85.2 Å². The summed E-state index contributed by atoms with van der Waals surface area (Å²) < 4.78 is 12.9. The van der Waals surface area contributed by atoms with Crippen molar-refractivity contribution in [1.29, 1.82) is 0 Å². The Bertz CT molecular complexity index is 1160. The summed E-state index contributed by atoms with van der Waals surface area (Å²) in [5.41, 5.74) is 0.651. The third kappa shape index (κ3) is 5.46. The van der Waals surface area contributed by atoms with Crippen LogP contribution in [0.5, 0.6) is 17.2 Å². The molecule has 1 atom stereocenters. The second-order valence-electron chi connectivity index (χ2n) is 6.95. The normalized spacial score (nSPS) is 11.7. The largest absolute Gasteiger partial charge is 0.491 e. The van der Waals surface area contributed by atoms with Gasteiger partial charge >= 0.3 is 0 Å². The number of aromatic nitrogens is 3. The molecule has 9 nitrogen and oxygen atoms in total. The third-order valence-electron chi connectivity index (χ3n) is 4.52. The van der Waals surface area contributed by atoms with Crippen molar-refractivity contribution in [2.24, 2.45) is 0 Å². The zero-order chi connectivity index (χ0) is 22.3. The number of aliphatic hydroxyl groups is 1. The second kappa shape index (κ2) is 9.71. The molecule has 9 heteroatoms. The van der Waals surface area contributed by atoms with E-state index in [0.717, 1.165) is 5.75 Å². The first-order valence-corrected chi connectivity index (χ1v) is 9.85. The predicted molar refractivity (Wildman–Crippen MR) is 117 cm³/mol. The van der Waals surface area contributed by atoms with Gasteiger partial charge in [-0.1, -0.05) is 18.2 Å². The van der Waals surface area contributed by atoms with Crippen molar-refractivity contribution in [3.05, 3.63) is 95.3 Å². The van der Waals surface area contributed by atoms with Crippen LogP contribution in [0.4, 0.5) is 5.69 Å². The zero-order valence-corrected chi connectivity index (χ0v) is 16.9. The van der Waals surface area contributed by atoms with Crippen molar-refractivity contribution in [1.82, 2.24) is 14.8 Å². The van der Waals surface area contributed by atoms with E-state index in [2.05, 4.69) is 10.1 Å². The van der Waals surface area contributed by atoms with Gasteiger partial charge in [-0.15, -0.1) is 0 Å². The van der Waals surface area contributed by atoms with Gasteiger partial charge in [0.05, 0.1) is 11.5 Å². The molecule has 32 heavy (non-hydrogen) atoms. The summed E-state index contributed by atoms with van der Waals surface area (Å²) in [7, 11) is 0. The molecule has 0 aliphatic heterocycles. The molecule has 0 saturated heterocycles. The maximum Gasteiger partial charge on any atom is 0.269 e. The number of rotatable bonds is 9. The number of hydrogen-bond acceptors (Lipinski definition) is 7. The fourth-order valence-electron chi connectivity index (χ4n) is 2.94. The van der Waals surface area contributed by atoms with E-state index in [9.17, 15) is 15.2 Å². The van der Waals surface area contributed by atoms with Crippen molar-refractivity contribution in [2.75, 3.05) is 6.61 Å². The Morgan fingerprint density at radius 2 is 1.59 bits per heavy atom. The molecule has 0 bridgehead atoms. The Morgan fingerprint density at radius 1 is 0.938 bits per heavy atom. The number of nitro benzene ring substituents is 1.